The molecule has 17 heteroatoms. The Morgan fingerprint density at radius 3 is 2.30 bits per heavy atom. The summed E-state index contributed by atoms with van der Waals surface area (Å²) in [6.45, 7) is 0.253. The normalized spacial score (nSPS) is 16.0. The molecule has 238 valence electrons. The number of ether oxygens (including phenoxy) is 1. The van der Waals surface area contributed by atoms with Crippen LogP contribution in [-0.4, -0.2) is 56.6 Å². The number of hydrogen-bond acceptors (Lipinski definition) is 8. The molecule has 0 saturated carbocycles. The maximum absolute atomic E-state index is 14.2. The van der Waals surface area contributed by atoms with Crippen LogP contribution in [0.5, 0.6) is 0 Å². The van der Waals surface area contributed by atoms with Crippen LogP contribution in [0, 0.1) is 0 Å². The Hall–Kier alpha value is -4.12. The van der Waals surface area contributed by atoms with E-state index in [2.05, 4.69) is 15.2 Å². The van der Waals surface area contributed by atoms with Crippen LogP contribution in [0.3, 0.4) is 0 Å². The molecule has 0 radical (unpaired) electrons. The van der Waals surface area contributed by atoms with Gasteiger partial charge in [0.25, 0.3) is 16.0 Å². The van der Waals surface area contributed by atoms with Crippen LogP contribution in [0.1, 0.15) is 62.1 Å². The fourth-order valence-corrected chi connectivity index (χ4v) is 5.12. The third-order valence-corrected chi connectivity index (χ3v) is 7.30. The first kappa shape index (κ1) is 32.8. The van der Waals surface area contributed by atoms with Gasteiger partial charge in [0.1, 0.15) is 11.4 Å². The third-order valence-electron chi connectivity index (χ3n) is 6.74. The summed E-state index contributed by atoms with van der Waals surface area (Å²) in [7, 11) is -2.84. The van der Waals surface area contributed by atoms with Crippen LogP contribution in [-0.2, 0) is 37.9 Å². The maximum Gasteiger partial charge on any atom is 0.436 e. The molecule has 1 aromatic heterocycles. The molecular weight excluding hydrogens is 622 g/mol. The second-order valence-corrected chi connectivity index (χ2v) is 11.7. The predicted molar refractivity (Wildman–Crippen MR) is 143 cm³/mol. The van der Waals surface area contributed by atoms with Crippen LogP contribution < -0.4 is 10.2 Å². The summed E-state index contributed by atoms with van der Waals surface area (Å²) in [4.78, 5) is 26.4. The minimum absolute atomic E-state index is 0.0660. The SMILES string of the molecule is COC(=O)c1ccc([C@H](C)NC(=O)c2c(C(F)(F)F)nn3c2N(Cc2cccc(C(F)(F)F)c2)CC3COS(C)(=O)=O)cc1. The van der Waals surface area contributed by atoms with Crippen molar-refractivity contribution in [3.05, 3.63) is 82.0 Å². The van der Waals surface area contributed by atoms with E-state index < -0.39 is 69.9 Å². The summed E-state index contributed by atoms with van der Waals surface area (Å²) >= 11 is 0. The van der Waals surface area contributed by atoms with Crippen molar-refractivity contribution >= 4 is 27.8 Å². The molecule has 1 unspecified atom stereocenters. The highest BCUT2D eigenvalue weighted by Crippen LogP contribution is 2.42. The number of amides is 1. The summed E-state index contributed by atoms with van der Waals surface area (Å²) in [6, 6.07) is 7.89. The molecule has 1 N–H and O–H groups in total. The monoisotopic (exact) mass is 648 g/mol. The first-order valence-electron chi connectivity index (χ1n) is 12.8. The number of nitrogens with one attached hydrogen (secondary N) is 1. The van der Waals surface area contributed by atoms with Gasteiger partial charge in [-0.1, -0.05) is 24.3 Å². The number of esters is 1. The quantitative estimate of drug-likeness (QED) is 0.201. The van der Waals surface area contributed by atoms with Crippen LogP contribution in [0.4, 0.5) is 32.2 Å². The Kier molecular flexibility index (Phi) is 9.02. The van der Waals surface area contributed by atoms with E-state index in [-0.39, 0.29) is 30.0 Å². The molecule has 2 heterocycles. The number of fused-ring (bicyclic) bond motifs is 1. The molecule has 0 fully saturated rings. The molecule has 0 aliphatic carbocycles. The van der Waals surface area contributed by atoms with Gasteiger partial charge in [-0.2, -0.15) is 39.9 Å². The molecule has 10 nitrogen and oxygen atoms in total. The van der Waals surface area contributed by atoms with Gasteiger partial charge in [-0.3, -0.25) is 8.98 Å². The van der Waals surface area contributed by atoms with E-state index in [9.17, 15) is 44.3 Å². The first-order valence-corrected chi connectivity index (χ1v) is 14.6. The molecule has 44 heavy (non-hydrogen) atoms. The zero-order valence-corrected chi connectivity index (χ0v) is 24.2. The Bertz CT molecular complexity index is 1650. The van der Waals surface area contributed by atoms with Crippen molar-refractivity contribution in [3.8, 4) is 0 Å². The fraction of sp³-hybridized carbons (Fsp3) is 0.370. The summed E-state index contributed by atoms with van der Waals surface area (Å²) < 4.78 is 116. The zero-order valence-electron chi connectivity index (χ0n) is 23.4. The van der Waals surface area contributed by atoms with Gasteiger partial charge in [-0.25, -0.2) is 9.48 Å². The standard InChI is InChI=1S/C27H26F6N4O6S/c1-15(17-7-9-18(10-8-17)25(39)42-2)34-23(38)21-22(27(31,32)33)35-37-20(14-43-44(3,40)41)13-36(24(21)37)12-16-5-4-6-19(11-16)26(28,29)30/h4-11,15,20H,12-14H2,1-3H3,(H,34,38)/t15-,20?/m0/s1. The molecule has 0 bridgehead atoms. The summed E-state index contributed by atoms with van der Waals surface area (Å²) in [5.41, 5.74) is -2.75. The highest BCUT2D eigenvalue weighted by atomic mass is 32.2. The van der Waals surface area contributed by atoms with Crippen LogP contribution in [0.25, 0.3) is 0 Å². The molecule has 1 aliphatic rings. The lowest BCUT2D eigenvalue weighted by atomic mass is 10.1. The maximum atomic E-state index is 14.2. The number of carbonyl (C=O) groups is 2. The number of nitrogens with zero attached hydrogens (tertiary/aromatic N) is 3. The van der Waals surface area contributed by atoms with Crippen molar-refractivity contribution in [1.82, 2.24) is 15.1 Å². The van der Waals surface area contributed by atoms with E-state index in [4.69, 9.17) is 4.18 Å². The van der Waals surface area contributed by atoms with Crippen molar-refractivity contribution in [2.45, 2.75) is 37.9 Å². The van der Waals surface area contributed by atoms with E-state index in [0.717, 1.165) is 29.1 Å². The Morgan fingerprint density at radius 1 is 1.07 bits per heavy atom. The van der Waals surface area contributed by atoms with E-state index in [1.807, 2.05) is 0 Å². The molecule has 4 rings (SSSR count). The van der Waals surface area contributed by atoms with Crippen molar-refractivity contribution < 1.29 is 53.3 Å². The lowest BCUT2D eigenvalue weighted by Gasteiger charge is -2.22. The van der Waals surface area contributed by atoms with Crippen LogP contribution in [0.2, 0.25) is 0 Å². The Morgan fingerprint density at radius 2 is 1.73 bits per heavy atom. The Balaban J connectivity index is 1.74. The van der Waals surface area contributed by atoms with E-state index in [1.54, 1.807) is 0 Å². The number of aromatic nitrogens is 2. The molecule has 1 aliphatic heterocycles. The zero-order chi connectivity index (χ0) is 32.6. The first-order chi connectivity index (χ1) is 20.4. The lowest BCUT2D eigenvalue weighted by Crippen LogP contribution is -2.31. The summed E-state index contributed by atoms with van der Waals surface area (Å²) in [5.74, 6) is -2.18. The average molecular weight is 649 g/mol. The number of benzene rings is 2. The van der Waals surface area contributed by atoms with Crippen LogP contribution >= 0.6 is 0 Å². The van der Waals surface area contributed by atoms with E-state index in [0.29, 0.717) is 5.56 Å². The lowest BCUT2D eigenvalue weighted by molar-refractivity contribution is -0.142. The van der Waals surface area contributed by atoms with Crippen molar-refractivity contribution in [2.24, 2.45) is 0 Å². The average Bonchev–Trinajstić information content (AvgIpc) is 3.49. The van der Waals surface area contributed by atoms with Gasteiger partial charge in [0, 0.05) is 13.1 Å². The van der Waals surface area contributed by atoms with Gasteiger partial charge in [0.05, 0.1) is 43.2 Å². The van der Waals surface area contributed by atoms with Gasteiger partial charge in [0.15, 0.2) is 5.69 Å². The number of methoxy groups -OCH3 is 1. The minimum Gasteiger partial charge on any atom is -0.465 e. The van der Waals surface area contributed by atoms with Crippen molar-refractivity contribution in [2.75, 3.05) is 31.4 Å². The van der Waals surface area contributed by atoms with Gasteiger partial charge in [0.2, 0.25) is 0 Å². The smallest absolute Gasteiger partial charge is 0.436 e. The molecular formula is C27H26F6N4O6S. The molecule has 0 saturated heterocycles. The van der Waals surface area contributed by atoms with Crippen molar-refractivity contribution in [3.63, 3.8) is 0 Å². The van der Waals surface area contributed by atoms with E-state index in [1.165, 1.54) is 49.3 Å². The fourth-order valence-electron chi connectivity index (χ4n) is 4.72. The molecule has 3 aromatic rings. The number of halogens is 6. The molecule has 2 atom stereocenters. The highest BCUT2D eigenvalue weighted by molar-refractivity contribution is 7.85. The summed E-state index contributed by atoms with van der Waals surface area (Å²) in [5, 5.41) is 6.09. The van der Waals surface area contributed by atoms with Crippen molar-refractivity contribution in [1.29, 1.82) is 0 Å². The molecule has 1 amide bonds. The van der Waals surface area contributed by atoms with Gasteiger partial charge in [-0.05, 0) is 42.3 Å². The number of rotatable bonds is 9. The molecule has 0 spiro atoms. The van der Waals surface area contributed by atoms with E-state index >= 15 is 0 Å². The minimum atomic E-state index is -5.14. The van der Waals surface area contributed by atoms with Gasteiger partial charge < -0.3 is 15.0 Å². The Labute approximate surface area is 247 Å². The van der Waals surface area contributed by atoms with Gasteiger partial charge in [-0.15, -0.1) is 0 Å². The third kappa shape index (κ3) is 7.32. The number of carbonyl (C=O) groups excluding carboxylic acids is 2. The predicted octanol–water partition coefficient (Wildman–Crippen LogP) is 4.74. The number of anilines is 1. The largest absolute Gasteiger partial charge is 0.465 e. The van der Waals surface area contributed by atoms with Crippen LogP contribution in [0.15, 0.2) is 48.5 Å². The number of hydrogen-bond donors (Lipinski definition) is 1. The number of alkyl halides is 6. The molecule has 2 aromatic carbocycles. The topological polar surface area (TPSA) is 120 Å². The highest BCUT2D eigenvalue weighted by Gasteiger charge is 2.46. The second kappa shape index (κ2) is 12.1. The second-order valence-electron chi connectivity index (χ2n) is 10.0. The van der Waals surface area contributed by atoms with Gasteiger partial charge >= 0.3 is 18.3 Å². The summed E-state index contributed by atoms with van der Waals surface area (Å²) in [6.07, 6.45) is -9.08.